The van der Waals surface area contributed by atoms with Crippen molar-refractivity contribution in [3.05, 3.63) is 143 Å². The second-order valence-corrected chi connectivity index (χ2v) is 17.2. The maximum Gasteiger partial charge on any atom is 0.0992 e. The lowest BCUT2D eigenvalue weighted by molar-refractivity contribution is 0.0808. The van der Waals surface area contributed by atoms with E-state index < -0.39 is 0 Å². The fourth-order valence-corrected chi connectivity index (χ4v) is 10.1. The molecule has 0 amide bonds. The van der Waals surface area contributed by atoms with Gasteiger partial charge in [-0.3, -0.25) is 0 Å². The van der Waals surface area contributed by atoms with Gasteiger partial charge in [0.2, 0.25) is 0 Å². The molecule has 0 unspecified atom stereocenters. The minimum Gasteiger partial charge on any atom is -0.388 e. The highest BCUT2D eigenvalue weighted by atomic mass is 16.3. The second kappa shape index (κ2) is 15.1. The van der Waals surface area contributed by atoms with Crippen LogP contribution in [0.1, 0.15) is 157 Å². The third kappa shape index (κ3) is 7.27. The Bertz CT molecular complexity index is 2050. The van der Waals surface area contributed by atoms with E-state index in [0.717, 1.165) is 47.8 Å². The van der Waals surface area contributed by atoms with E-state index in [2.05, 4.69) is 106 Å². The van der Waals surface area contributed by atoms with Gasteiger partial charge in [0.1, 0.15) is 0 Å². The molecule has 6 nitrogen and oxygen atoms in total. The highest BCUT2D eigenvalue weighted by Gasteiger charge is 2.36. The van der Waals surface area contributed by atoms with Crippen LogP contribution < -0.4 is 0 Å². The van der Waals surface area contributed by atoms with Crippen molar-refractivity contribution in [1.29, 1.82) is 0 Å². The molecule has 2 atom stereocenters. The van der Waals surface area contributed by atoms with Gasteiger partial charge in [-0.2, -0.15) is 0 Å². The van der Waals surface area contributed by atoms with Crippen molar-refractivity contribution in [2.75, 3.05) is 0 Å². The number of rotatable bonds is 8. The molecule has 4 fully saturated rings. The summed E-state index contributed by atoms with van der Waals surface area (Å²) in [6, 6.07) is 22.3. The third-order valence-electron chi connectivity index (χ3n) is 13.4. The van der Waals surface area contributed by atoms with Crippen molar-refractivity contribution in [2.24, 2.45) is 11.8 Å². The maximum absolute atomic E-state index is 11.4. The summed E-state index contributed by atoms with van der Waals surface area (Å²) in [4.78, 5) is 8.64. The monoisotopic (exact) mass is 720 g/mol. The number of aliphatic hydroxyl groups excluding tert-OH is 2. The number of fused-ring (bicyclic) bond motifs is 2. The Balaban J connectivity index is 0.000000142. The Hall–Kier alpha value is -4.26. The first-order valence-electron chi connectivity index (χ1n) is 20.8. The molecule has 0 bridgehead atoms. The molecule has 6 aromatic rings. The molecule has 0 radical (unpaired) electrons. The molecule has 0 aliphatic heterocycles. The molecule has 0 saturated heterocycles. The van der Waals surface area contributed by atoms with Crippen molar-refractivity contribution in [3.63, 3.8) is 0 Å². The summed E-state index contributed by atoms with van der Waals surface area (Å²) >= 11 is 0. The number of aromatic nitrogens is 4. The van der Waals surface area contributed by atoms with Gasteiger partial charge in [-0.25, -0.2) is 9.97 Å². The average Bonchev–Trinajstić information content (AvgIpc) is 4.14. The van der Waals surface area contributed by atoms with Gasteiger partial charge in [-0.1, -0.05) is 59.7 Å². The Morgan fingerprint density at radius 2 is 0.907 bits per heavy atom. The fraction of sp³-hybridized carbons (Fsp3) is 0.458. The number of hydrogen-bond acceptors (Lipinski definition) is 4. The predicted octanol–water partition coefficient (Wildman–Crippen LogP) is 11.1. The van der Waals surface area contributed by atoms with Crippen LogP contribution in [0, 0.1) is 25.7 Å². The molecule has 4 aliphatic carbocycles. The van der Waals surface area contributed by atoms with Gasteiger partial charge in [0.25, 0.3) is 0 Å². The van der Waals surface area contributed by atoms with Gasteiger partial charge in [0.15, 0.2) is 0 Å². The summed E-state index contributed by atoms with van der Waals surface area (Å²) in [7, 11) is 0. The Morgan fingerprint density at radius 3 is 1.28 bits per heavy atom. The minimum absolute atomic E-state index is 0.352. The van der Waals surface area contributed by atoms with Gasteiger partial charge in [0.05, 0.1) is 48.3 Å². The van der Waals surface area contributed by atoms with Gasteiger partial charge < -0.3 is 19.0 Å². The quantitative estimate of drug-likeness (QED) is 0.164. The molecular formula is C48H56N4O2. The molecule has 10 rings (SSSR count). The summed E-state index contributed by atoms with van der Waals surface area (Å²) in [6.45, 7) is 4.34. The zero-order valence-electron chi connectivity index (χ0n) is 32.0. The molecule has 2 N–H and O–H groups in total. The molecule has 4 aliphatic rings. The lowest BCUT2D eigenvalue weighted by Gasteiger charge is -2.33. The summed E-state index contributed by atoms with van der Waals surface area (Å²) in [6.07, 6.45) is 25.1. The zero-order valence-corrected chi connectivity index (χ0v) is 32.0. The van der Waals surface area contributed by atoms with Crippen molar-refractivity contribution in [2.45, 2.75) is 127 Å². The van der Waals surface area contributed by atoms with Crippen LogP contribution in [0.15, 0.2) is 98.1 Å². The maximum atomic E-state index is 11.4. The topological polar surface area (TPSA) is 75.1 Å². The molecule has 0 spiro atoms. The normalized spacial score (nSPS) is 24.2. The van der Waals surface area contributed by atoms with Crippen molar-refractivity contribution < 1.29 is 10.2 Å². The first-order chi connectivity index (χ1) is 26.4. The van der Waals surface area contributed by atoms with Crippen LogP contribution in [-0.2, 0) is 0 Å². The molecule has 4 aromatic heterocycles. The summed E-state index contributed by atoms with van der Waals surface area (Å²) in [5.74, 6) is 3.26. The number of aryl methyl sites for hydroxylation is 2. The van der Waals surface area contributed by atoms with E-state index in [4.69, 9.17) is 0 Å². The lowest BCUT2D eigenvalue weighted by atomic mass is 9.74. The van der Waals surface area contributed by atoms with Crippen LogP contribution in [0.25, 0.3) is 11.0 Å². The van der Waals surface area contributed by atoms with Gasteiger partial charge >= 0.3 is 0 Å². The highest BCUT2D eigenvalue weighted by molar-refractivity contribution is 5.60. The SMILES string of the molecule is Cc1cccc(C2CCC([C@@H](O)c3c(C4CC4)ccn4cncc34)CC2)c1.Cc1cccc(C2CCC([C@H](O)c3c(C4CC4)ccn4cncc34)CC2)c1. The summed E-state index contributed by atoms with van der Waals surface area (Å²) in [5.41, 5.74) is 12.8. The number of imidazole rings is 2. The standard InChI is InChI=1S/2C24H28N2O/c2*1-16-3-2-4-20(13-16)17-5-9-19(10-6-17)24(27)23-21(18-7-8-18)11-12-26-15-25-14-22(23)26/h2*2-4,11-15,17-19,24,27H,5-10H2,1H3/t2*17?,19?,24-/m10/s1. The number of aliphatic hydroxyl groups is 2. The van der Waals surface area contributed by atoms with E-state index >= 15 is 0 Å². The van der Waals surface area contributed by atoms with E-state index in [1.54, 1.807) is 0 Å². The molecule has 54 heavy (non-hydrogen) atoms. The van der Waals surface area contributed by atoms with Crippen LogP contribution in [0.3, 0.4) is 0 Å². The molecular weight excluding hydrogens is 665 g/mol. The van der Waals surface area contributed by atoms with Crippen molar-refractivity contribution in [1.82, 2.24) is 18.8 Å². The minimum atomic E-state index is -0.376. The Kier molecular flexibility index (Phi) is 9.92. The second-order valence-electron chi connectivity index (χ2n) is 17.2. The van der Waals surface area contributed by atoms with E-state index in [-0.39, 0.29) is 12.2 Å². The van der Waals surface area contributed by atoms with Crippen LogP contribution in [0.4, 0.5) is 0 Å². The number of nitrogens with zero attached hydrogens (tertiary/aromatic N) is 4. The van der Waals surface area contributed by atoms with Crippen LogP contribution >= 0.6 is 0 Å². The zero-order chi connectivity index (χ0) is 36.8. The third-order valence-corrected chi connectivity index (χ3v) is 13.4. The first kappa shape index (κ1) is 35.4. The predicted molar refractivity (Wildman–Crippen MR) is 216 cm³/mol. The number of pyridine rings is 2. The van der Waals surface area contributed by atoms with E-state index in [1.807, 2.05) is 25.0 Å². The molecule has 2 aromatic carbocycles. The van der Waals surface area contributed by atoms with Gasteiger partial charge in [0, 0.05) is 23.5 Å². The van der Waals surface area contributed by atoms with Crippen LogP contribution in [0.2, 0.25) is 0 Å². The van der Waals surface area contributed by atoms with Crippen molar-refractivity contribution in [3.8, 4) is 0 Å². The fourth-order valence-electron chi connectivity index (χ4n) is 10.1. The lowest BCUT2D eigenvalue weighted by Crippen LogP contribution is -2.21. The average molecular weight is 721 g/mol. The highest BCUT2D eigenvalue weighted by Crippen LogP contribution is 2.49. The smallest absolute Gasteiger partial charge is 0.0992 e. The Morgan fingerprint density at radius 1 is 0.519 bits per heavy atom. The largest absolute Gasteiger partial charge is 0.388 e. The number of benzene rings is 2. The van der Waals surface area contributed by atoms with Crippen molar-refractivity contribution >= 4 is 11.0 Å². The summed E-state index contributed by atoms with van der Waals surface area (Å²) < 4.78 is 4.12. The first-order valence-corrected chi connectivity index (χ1v) is 20.8. The van der Waals surface area contributed by atoms with Gasteiger partial charge in [-0.15, -0.1) is 0 Å². The molecule has 4 heterocycles. The van der Waals surface area contributed by atoms with Gasteiger partial charge in [-0.05, 0) is 161 Å². The molecule has 6 heteroatoms. The van der Waals surface area contributed by atoms with E-state index in [1.165, 1.54) is 84.7 Å². The van der Waals surface area contributed by atoms with Crippen LogP contribution in [0.5, 0.6) is 0 Å². The molecule has 4 saturated carbocycles. The number of hydrogen-bond donors (Lipinski definition) is 2. The molecule has 280 valence electrons. The summed E-state index contributed by atoms with van der Waals surface area (Å²) in [5, 5.41) is 22.8. The van der Waals surface area contributed by atoms with Crippen LogP contribution in [-0.4, -0.2) is 29.0 Å². The van der Waals surface area contributed by atoms with E-state index in [0.29, 0.717) is 35.5 Å². The Labute approximate surface area is 320 Å². The van der Waals surface area contributed by atoms with E-state index in [9.17, 15) is 10.2 Å².